The summed E-state index contributed by atoms with van der Waals surface area (Å²) in [6.45, 7) is 4.65. The summed E-state index contributed by atoms with van der Waals surface area (Å²) in [6.07, 6.45) is 6.98. The molecule has 0 bridgehead atoms. The first-order chi connectivity index (χ1) is 7.55. The SMILES string of the molecule is CC1(C)CC(CCc2cccs2)=CC(N)C1. The second-order valence-electron chi connectivity index (χ2n) is 5.61. The molecular weight excluding hydrogens is 214 g/mol. The first-order valence-corrected chi connectivity index (χ1v) is 6.91. The van der Waals surface area contributed by atoms with Gasteiger partial charge >= 0.3 is 0 Å². The van der Waals surface area contributed by atoms with Gasteiger partial charge in [-0.05, 0) is 42.5 Å². The Morgan fingerprint density at radius 3 is 2.88 bits per heavy atom. The lowest BCUT2D eigenvalue weighted by Gasteiger charge is -2.33. The molecule has 1 heterocycles. The highest BCUT2D eigenvalue weighted by Gasteiger charge is 2.26. The fourth-order valence-corrected chi connectivity index (χ4v) is 3.36. The molecule has 2 N–H and O–H groups in total. The summed E-state index contributed by atoms with van der Waals surface area (Å²) >= 11 is 1.85. The number of rotatable bonds is 3. The molecule has 0 fully saturated rings. The first kappa shape index (κ1) is 11.9. The largest absolute Gasteiger partial charge is 0.324 e. The zero-order chi connectivity index (χ0) is 11.6. The van der Waals surface area contributed by atoms with Crippen molar-refractivity contribution in [2.24, 2.45) is 11.1 Å². The third-order valence-electron chi connectivity index (χ3n) is 3.22. The van der Waals surface area contributed by atoms with Gasteiger partial charge in [0.25, 0.3) is 0 Å². The topological polar surface area (TPSA) is 26.0 Å². The van der Waals surface area contributed by atoms with E-state index in [0.717, 1.165) is 6.42 Å². The van der Waals surface area contributed by atoms with Gasteiger partial charge in [0.1, 0.15) is 0 Å². The number of thiophene rings is 1. The fraction of sp³-hybridized carbons (Fsp3) is 0.571. The standard InChI is InChI=1S/C14H21NS/c1-14(2)9-11(8-12(15)10-14)5-6-13-4-3-7-16-13/h3-4,7-8,12H,5-6,9-10,15H2,1-2H3. The van der Waals surface area contributed by atoms with E-state index in [4.69, 9.17) is 5.73 Å². The van der Waals surface area contributed by atoms with E-state index >= 15 is 0 Å². The molecule has 16 heavy (non-hydrogen) atoms. The smallest absolute Gasteiger partial charge is 0.0231 e. The molecule has 0 aliphatic heterocycles. The van der Waals surface area contributed by atoms with Crippen LogP contribution in [-0.4, -0.2) is 6.04 Å². The lowest BCUT2D eigenvalue weighted by atomic mass is 9.74. The van der Waals surface area contributed by atoms with E-state index in [2.05, 4.69) is 37.4 Å². The summed E-state index contributed by atoms with van der Waals surface area (Å²) in [5.74, 6) is 0. The molecule has 0 saturated carbocycles. The minimum absolute atomic E-state index is 0.266. The summed E-state index contributed by atoms with van der Waals surface area (Å²) < 4.78 is 0. The van der Waals surface area contributed by atoms with Gasteiger partial charge in [0.2, 0.25) is 0 Å². The molecule has 2 rings (SSSR count). The van der Waals surface area contributed by atoms with Crippen LogP contribution in [0.4, 0.5) is 0 Å². The van der Waals surface area contributed by atoms with Gasteiger partial charge in [0.05, 0.1) is 0 Å². The lowest BCUT2D eigenvalue weighted by Crippen LogP contribution is -2.31. The Bertz CT molecular complexity index is 362. The first-order valence-electron chi connectivity index (χ1n) is 6.03. The molecular formula is C14H21NS. The molecule has 0 spiro atoms. The van der Waals surface area contributed by atoms with Gasteiger partial charge in [0.15, 0.2) is 0 Å². The van der Waals surface area contributed by atoms with Crippen molar-refractivity contribution in [3.63, 3.8) is 0 Å². The van der Waals surface area contributed by atoms with Crippen molar-refractivity contribution in [2.75, 3.05) is 0 Å². The Labute approximate surface area is 102 Å². The zero-order valence-corrected chi connectivity index (χ0v) is 11.0. The Balaban J connectivity index is 1.94. The van der Waals surface area contributed by atoms with E-state index in [-0.39, 0.29) is 6.04 Å². The van der Waals surface area contributed by atoms with Crippen LogP contribution in [0.15, 0.2) is 29.2 Å². The third kappa shape index (κ3) is 3.19. The predicted molar refractivity (Wildman–Crippen MR) is 71.7 cm³/mol. The molecule has 0 radical (unpaired) electrons. The summed E-state index contributed by atoms with van der Waals surface area (Å²) in [7, 11) is 0. The summed E-state index contributed by atoms with van der Waals surface area (Å²) in [4.78, 5) is 1.48. The fourth-order valence-electron chi connectivity index (χ4n) is 2.66. The van der Waals surface area contributed by atoms with Crippen molar-refractivity contribution in [2.45, 2.75) is 45.6 Å². The second kappa shape index (κ2) is 4.72. The van der Waals surface area contributed by atoms with Gasteiger partial charge in [0, 0.05) is 10.9 Å². The van der Waals surface area contributed by atoms with Gasteiger partial charge in [-0.2, -0.15) is 0 Å². The van der Waals surface area contributed by atoms with Crippen LogP contribution in [0.25, 0.3) is 0 Å². The molecule has 88 valence electrons. The minimum Gasteiger partial charge on any atom is -0.324 e. The Hall–Kier alpha value is -0.600. The number of hydrogen-bond acceptors (Lipinski definition) is 2. The van der Waals surface area contributed by atoms with Crippen LogP contribution in [0.2, 0.25) is 0 Å². The average Bonchev–Trinajstić information content (AvgIpc) is 2.63. The molecule has 1 unspecified atom stereocenters. The molecule has 1 nitrogen and oxygen atoms in total. The average molecular weight is 235 g/mol. The molecule has 2 heteroatoms. The Morgan fingerprint density at radius 2 is 2.25 bits per heavy atom. The van der Waals surface area contributed by atoms with Gasteiger partial charge in [-0.1, -0.05) is 31.6 Å². The van der Waals surface area contributed by atoms with E-state index < -0.39 is 0 Å². The normalized spacial score (nSPS) is 24.2. The highest BCUT2D eigenvalue weighted by Crippen LogP contribution is 2.36. The van der Waals surface area contributed by atoms with Crippen molar-refractivity contribution in [1.29, 1.82) is 0 Å². The van der Waals surface area contributed by atoms with E-state index in [0.29, 0.717) is 5.41 Å². The van der Waals surface area contributed by atoms with E-state index in [1.807, 2.05) is 11.3 Å². The maximum atomic E-state index is 6.08. The van der Waals surface area contributed by atoms with Crippen LogP contribution in [0.1, 0.15) is 38.0 Å². The number of allylic oxidation sites excluding steroid dienone is 1. The molecule has 1 atom stereocenters. The van der Waals surface area contributed by atoms with Crippen LogP contribution in [0, 0.1) is 5.41 Å². The van der Waals surface area contributed by atoms with Crippen LogP contribution in [0.5, 0.6) is 0 Å². The molecule has 1 aromatic heterocycles. The molecule has 0 aromatic carbocycles. The number of nitrogens with two attached hydrogens (primary N) is 1. The van der Waals surface area contributed by atoms with Gasteiger partial charge in [-0.25, -0.2) is 0 Å². The predicted octanol–water partition coefficient (Wildman–Crippen LogP) is 3.75. The van der Waals surface area contributed by atoms with Crippen LogP contribution < -0.4 is 5.73 Å². The highest BCUT2D eigenvalue weighted by atomic mass is 32.1. The third-order valence-corrected chi connectivity index (χ3v) is 4.15. The van der Waals surface area contributed by atoms with Crippen molar-refractivity contribution < 1.29 is 0 Å². The van der Waals surface area contributed by atoms with Gasteiger partial charge < -0.3 is 5.73 Å². The molecule has 1 aliphatic rings. The van der Waals surface area contributed by atoms with Crippen molar-refractivity contribution in [1.82, 2.24) is 0 Å². The highest BCUT2D eigenvalue weighted by molar-refractivity contribution is 7.09. The quantitative estimate of drug-likeness (QED) is 0.793. The summed E-state index contributed by atoms with van der Waals surface area (Å²) in [6, 6.07) is 4.62. The van der Waals surface area contributed by atoms with Gasteiger partial charge in [-0.15, -0.1) is 11.3 Å². The number of aryl methyl sites for hydroxylation is 1. The molecule has 0 amide bonds. The van der Waals surface area contributed by atoms with Crippen molar-refractivity contribution in [3.05, 3.63) is 34.0 Å². The maximum absolute atomic E-state index is 6.08. The lowest BCUT2D eigenvalue weighted by molar-refractivity contribution is 0.298. The molecule has 1 aromatic rings. The zero-order valence-electron chi connectivity index (χ0n) is 10.2. The van der Waals surface area contributed by atoms with E-state index in [1.165, 1.54) is 24.1 Å². The van der Waals surface area contributed by atoms with Crippen LogP contribution in [-0.2, 0) is 6.42 Å². The van der Waals surface area contributed by atoms with Crippen molar-refractivity contribution >= 4 is 11.3 Å². The Kier molecular flexibility index (Phi) is 3.50. The van der Waals surface area contributed by atoms with Crippen LogP contribution in [0.3, 0.4) is 0 Å². The Morgan fingerprint density at radius 1 is 1.44 bits per heavy atom. The van der Waals surface area contributed by atoms with Gasteiger partial charge in [-0.3, -0.25) is 0 Å². The summed E-state index contributed by atoms with van der Waals surface area (Å²) in [5.41, 5.74) is 8.02. The molecule has 1 aliphatic carbocycles. The number of hydrogen-bond donors (Lipinski definition) is 1. The summed E-state index contributed by atoms with van der Waals surface area (Å²) in [5, 5.41) is 2.15. The van der Waals surface area contributed by atoms with Crippen molar-refractivity contribution in [3.8, 4) is 0 Å². The van der Waals surface area contributed by atoms with E-state index in [1.54, 1.807) is 5.57 Å². The van der Waals surface area contributed by atoms with E-state index in [9.17, 15) is 0 Å². The second-order valence-corrected chi connectivity index (χ2v) is 6.65. The minimum atomic E-state index is 0.266. The monoisotopic (exact) mass is 235 g/mol. The van der Waals surface area contributed by atoms with Crippen LogP contribution >= 0.6 is 11.3 Å². The maximum Gasteiger partial charge on any atom is 0.0231 e. The molecule has 0 saturated heterocycles.